The zero-order chi connectivity index (χ0) is 19.7. The number of ketones is 1. The van der Waals surface area contributed by atoms with Crippen LogP contribution >= 0.6 is 0 Å². The lowest BCUT2D eigenvalue weighted by molar-refractivity contribution is -0.129. The third-order valence-corrected chi connectivity index (χ3v) is 4.47. The van der Waals surface area contributed by atoms with E-state index >= 15 is 0 Å². The van der Waals surface area contributed by atoms with Gasteiger partial charge in [0.2, 0.25) is 5.78 Å². The van der Waals surface area contributed by atoms with Gasteiger partial charge in [-0.25, -0.2) is 4.39 Å². The molecule has 6 nitrogen and oxygen atoms in total. The number of rotatable bonds is 6. The van der Waals surface area contributed by atoms with Gasteiger partial charge in [-0.1, -0.05) is 6.07 Å². The predicted molar refractivity (Wildman–Crippen MR) is 95.3 cm³/mol. The molecule has 1 aliphatic heterocycles. The first-order chi connectivity index (χ1) is 12.8. The summed E-state index contributed by atoms with van der Waals surface area (Å²) in [6.07, 6.45) is 0.304. The van der Waals surface area contributed by atoms with Crippen molar-refractivity contribution in [3.8, 4) is 5.75 Å². The lowest BCUT2D eigenvalue weighted by Crippen LogP contribution is -2.34. The molecule has 2 heterocycles. The Balaban J connectivity index is 1.80. The summed E-state index contributed by atoms with van der Waals surface area (Å²) in [7, 11) is 1.45. The van der Waals surface area contributed by atoms with E-state index in [0.717, 1.165) is 0 Å². The van der Waals surface area contributed by atoms with E-state index in [9.17, 15) is 19.1 Å². The second kappa shape index (κ2) is 7.26. The Bertz CT molecular complexity index is 928. The summed E-state index contributed by atoms with van der Waals surface area (Å²) in [5.41, 5.74) is 0.727. The largest absolute Gasteiger partial charge is 0.503 e. The lowest BCUT2D eigenvalue weighted by atomic mass is 10.1. The van der Waals surface area contributed by atoms with Gasteiger partial charge in [0.15, 0.2) is 11.5 Å². The fourth-order valence-electron chi connectivity index (χ4n) is 2.97. The number of ether oxygens (including phenoxy) is 1. The Morgan fingerprint density at radius 3 is 2.70 bits per heavy atom. The van der Waals surface area contributed by atoms with Crippen LogP contribution in [0.15, 0.2) is 46.1 Å². The molecule has 1 amide bonds. The van der Waals surface area contributed by atoms with E-state index in [0.29, 0.717) is 23.5 Å². The molecule has 3 rings (SSSR count). The van der Waals surface area contributed by atoms with Crippen molar-refractivity contribution in [1.82, 2.24) is 4.90 Å². The second-order valence-corrected chi connectivity index (χ2v) is 6.58. The van der Waals surface area contributed by atoms with Crippen molar-refractivity contribution in [3.63, 3.8) is 0 Å². The molecule has 1 N–H and O–H groups in total. The van der Waals surface area contributed by atoms with E-state index in [4.69, 9.17) is 9.15 Å². The zero-order valence-electron chi connectivity index (χ0n) is 15.3. The van der Waals surface area contributed by atoms with E-state index < -0.39 is 23.3 Å². The monoisotopic (exact) mass is 373 g/mol. The van der Waals surface area contributed by atoms with Gasteiger partial charge in [-0.3, -0.25) is 9.59 Å². The number of nitrogens with zero attached hydrogens (tertiary/aromatic N) is 1. The highest BCUT2D eigenvalue weighted by Gasteiger charge is 2.36. The highest BCUT2D eigenvalue weighted by Crippen LogP contribution is 2.26. The van der Waals surface area contributed by atoms with Crippen molar-refractivity contribution < 1.29 is 28.2 Å². The molecule has 0 saturated carbocycles. The van der Waals surface area contributed by atoms with Crippen LogP contribution < -0.4 is 4.74 Å². The maximum absolute atomic E-state index is 13.3. The van der Waals surface area contributed by atoms with E-state index in [1.807, 2.05) is 0 Å². The summed E-state index contributed by atoms with van der Waals surface area (Å²) in [6.45, 7) is 3.66. The molecular weight excluding hydrogens is 353 g/mol. The van der Waals surface area contributed by atoms with E-state index in [-0.39, 0.29) is 23.9 Å². The molecule has 0 aliphatic carbocycles. The number of benzene rings is 1. The van der Waals surface area contributed by atoms with Gasteiger partial charge in [0.05, 0.1) is 19.2 Å². The fraction of sp³-hybridized carbons (Fsp3) is 0.300. The molecule has 142 valence electrons. The fourth-order valence-corrected chi connectivity index (χ4v) is 2.97. The Hall–Kier alpha value is -3.09. The number of halogens is 1. The second-order valence-electron chi connectivity index (χ2n) is 6.58. The van der Waals surface area contributed by atoms with Gasteiger partial charge in [-0.2, -0.15) is 0 Å². The summed E-state index contributed by atoms with van der Waals surface area (Å²) >= 11 is 0. The van der Waals surface area contributed by atoms with Crippen molar-refractivity contribution >= 4 is 11.7 Å². The van der Waals surface area contributed by atoms with E-state index in [2.05, 4.69) is 0 Å². The van der Waals surface area contributed by atoms with Gasteiger partial charge in [0, 0.05) is 24.1 Å². The van der Waals surface area contributed by atoms with Crippen molar-refractivity contribution in [2.24, 2.45) is 0 Å². The number of carbonyl (C=O) groups excluding carboxylic acids is 2. The van der Waals surface area contributed by atoms with Crippen molar-refractivity contribution in [2.75, 3.05) is 13.7 Å². The molecule has 0 unspecified atom stereocenters. The molecule has 27 heavy (non-hydrogen) atoms. The van der Waals surface area contributed by atoms with Crippen molar-refractivity contribution in [3.05, 3.63) is 64.6 Å². The lowest BCUT2D eigenvalue weighted by Gasteiger charge is -2.20. The summed E-state index contributed by atoms with van der Waals surface area (Å²) < 4.78 is 24.1. The average molecular weight is 373 g/mol. The number of hydrogen-bond acceptors (Lipinski definition) is 5. The standard InChI is InChI=1S/C20H20FNO5/c1-11(2)22-10-15(19(24)20(22)25)18(23)16-7-6-14(27-16)8-12-4-5-13(21)9-17(12)26-3/h4-7,9,11,24H,8,10H2,1-3H3. The van der Waals surface area contributed by atoms with Crippen molar-refractivity contribution in [2.45, 2.75) is 26.3 Å². The van der Waals surface area contributed by atoms with Crippen LogP contribution in [0.3, 0.4) is 0 Å². The summed E-state index contributed by atoms with van der Waals surface area (Å²) in [5, 5.41) is 10.0. The van der Waals surface area contributed by atoms with Gasteiger partial charge in [-0.05, 0) is 32.0 Å². The average Bonchev–Trinajstić information content (AvgIpc) is 3.21. The topological polar surface area (TPSA) is 80.0 Å². The van der Waals surface area contributed by atoms with Gasteiger partial charge in [0.25, 0.3) is 5.91 Å². The molecule has 0 atom stereocenters. The third-order valence-electron chi connectivity index (χ3n) is 4.47. The molecule has 1 aliphatic rings. The molecule has 1 aromatic carbocycles. The number of furan rings is 1. The zero-order valence-corrected chi connectivity index (χ0v) is 15.3. The molecule has 0 saturated heterocycles. The molecule has 7 heteroatoms. The molecule has 1 aromatic heterocycles. The Morgan fingerprint density at radius 1 is 1.33 bits per heavy atom. The first-order valence-corrected chi connectivity index (χ1v) is 8.50. The number of aliphatic hydroxyl groups excluding tert-OH is 1. The van der Waals surface area contributed by atoms with Crippen LogP contribution in [-0.4, -0.2) is 41.4 Å². The third kappa shape index (κ3) is 3.58. The highest BCUT2D eigenvalue weighted by molar-refractivity contribution is 6.14. The minimum atomic E-state index is -0.559. The summed E-state index contributed by atoms with van der Waals surface area (Å²) in [5.74, 6) is -1.13. The summed E-state index contributed by atoms with van der Waals surface area (Å²) in [6, 6.07) is 7.17. The number of aliphatic hydroxyl groups is 1. The Kier molecular flexibility index (Phi) is 5.03. The molecule has 2 aromatic rings. The molecular formula is C20H20FNO5. The number of amides is 1. The first kappa shape index (κ1) is 18.7. The van der Waals surface area contributed by atoms with Gasteiger partial charge in [-0.15, -0.1) is 0 Å². The first-order valence-electron chi connectivity index (χ1n) is 8.50. The van der Waals surface area contributed by atoms with Crippen LogP contribution in [0.5, 0.6) is 5.75 Å². The van der Waals surface area contributed by atoms with Crippen LogP contribution in [0.1, 0.15) is 35.7 Å². The number of Topliss-reactive ketones (excluding diaryl/α,β-unsaturated/α-hetero) is 1. The number of hydrogen-bond donors (Lipinski definition) is 1. The smallest absolute Gasteiger partial charge is 0.289 e. The Labute approximate surface area is 155 Å². The van der Waals surface area contributed by atoms with Gasteiger partial charge in [0.1, 0.15) is 17.3 Å². The van der Waals surface area contributed by atoms with Crippen LogP contribution in [0.2, 0.25) is 0 Å². The van der Waals surface area contributed by atoms with E-state index in [1.54, 1.807) is 26.0 Å². The normalized spacial score (nSPS) is 14.4. The van der Waals surface area contributed by atoms with Crippen LogP contribution in [0.25, 0.3) is 0 Å². The number of methoxy groups -OCH3 is 1. The minimum Gasteiger partial charge on any atom is -0.503 e. The molecule has 0 radical (unpaired) electrons. The predicted octanol–water partition coefficient (Wildman–Crippen LogP) is 3.26. The van der Waals surface area contributed by atoms with Crippen LogP contribution in [0, 0.1) is 5.82 Å². The van der Waals surface area contributed by atoms with E-state index in [1.165, 1.54) is 30.2 Å². The highest BCUT2D eigenvalue weighted by atomic mass is 19.1. The van der Waals surface area contributed by atoms with Crippen LogP contribution in [0.4, 0.5) is 4.39 Å². The molecule has 0 fully saturated rings. The van der Waals surface area contributed by atoms with Crippen molar-refractivity contribution in [1.29, 1.82) is 0 Å². The maximum Gasteiger partial charge on any atom is 0.289 e. The van der Waals surface area contributed by atoms with Crippen LogP contribution in [-0.2, 0) is 11.2 Å². The number of carbonyl (C=O) groups is 2. The SMILES string of the molecule is COc1cc(F)ccc1Cc1ccc(C(=O)C2=C(O)C(=O)N(C(C)C)C2)o1. The molecule has 0 bridgehead atoms. The van der Waals surface area contributed by atoms with Gasteiger partial charge < -0.3 is 19.2 Å². The van der Waals surface area contributed by atoms with Gasteiger partial charge >= 0.3 is 0 Å². The summed E-state index contributed by atoms with van der Waals surface area (Å²) in [4.78, 5) is 26.1. The quantitative estimate of drug-likeness (QED) is 0.786. The Morgan fingerprint density at radius 2 is 2.07 bits per heavy atom. The molecule has 0 spiro atoms. The maximum atomic E-state index is 13.3. The minimum absolute atomic E-state index is 0.0222.